The van der Waals surface area contributed by atoms with E-state index in [0.717, 1.165) is 85.3 Å². The quantitative estimate of drug-likeness (QED) is 0.113. The number of unbranched alkanes of at least 4 members (excludes halogenated alkanes) is 6. The van der Waals surface area contributed by atoms with Crippen LogP contribution < -0.4 is 15.5 Å². The molecular weight excluding hydrogens is 742 g/mol. The molecular formula is C44H52ClN7O5. The zero-order valence-electron chi connectivity index (χ0n) is 32.6. The number of amides is 4. The number of aliphatic hydroxyl groups is 1. The lowest BCUT2D eigenvalue weighted by molar-refractivity contribution is -0.137. The van der Waals surface area contributed by atoms with Gasteiger partial charge in [0, 0.05) is 73.8 Å². The number of carbonyl (C=O) groups is 4. The Balaban J connectivity index is 0.812. The number of imide groups is 1. The number of piperazine rings is 1. The minimum absolute atomic E-state index is 0.114. The number of benzene rings is 2. The van der Waals surface area contributed by atoms with Gasteiger partial charge >= 0.3 is 0 Å². The van der Waals surface area contributed by atoms with Crippen molar-refractivity contribution in [2.24, 2.45) is 0 Å². The van der Waals surface area contributed by atoms with E-state index < -0.39 is 18.1 Å². The lowest BCUT2D eigenvalue weighted by Crippen LogP contribution is -2.52. The van der Waals surface area contributed by atoms with E-state index in [1.807, 2.05) is 41.3 Å². The molecule has 1 aliphatic carbocycles. The topological polar surface area (TPSA) is 148 Å². The molecule has 0 radical (unpaired) electrons. The van der Waals surface area contributed by atoms with E-state index >= 15 is 0 Å². The molecule has 57 heavy (non-hydrogen) atoms. The molecule has 4 atom stereocenters. The molecule has 1 aromatic heterocycles. The van der Waals surface area contributed by atoms with Crippen LogP contribution in [0.3, 0.4) is 0 Å². The average molecular weight is 794 g/mol. The number of halogens is 1. The van der Waals surface area contributed by atoms with Crippen LogP contribution in [0.4, 0.5) is 5.82 Å². The summed E-state index contributed by atoms with van der Waals surface area (Å²) in [6.07, 6.45) is 9.51. The largest absolute Gasteiger partial charge is 0.387 e. The minimum Gasteiger partial charge on any atom is -0.387 e. The first-order valence-electron chi connectivity index (χ1n) is 20.5. The average Bonchev–Trinajstić information content (AvgIpc) is 3.71. The Morgan fingerprint density at radius 3 is 2.53 bits per heavy atom. The van der Waals surface area contributed by atoms with Gasteiger partial charge in [-0.15, -0.1) is 0 Å². The number of hydrogen-bond acceptors (Lipinski definition) is 9. The van der Waals surface area contributed by atoms with Crippen molar-refractivity contribution in [3.8, 4) is 11.8 Å². The van der Waals surface area contributed by atoms with Gasteiger partial charge in [0.2, 0.25) is 17.7 Å². The molecule has 4 aliphatic rings. The van der Waals surface area contributed by atoms with Crippen molar-refractivity contribution in [1.82, 2.24) is 30.4 Å². The van der Waals surface area contributed by atoms with Crippen LogP contribution in [0.25, 0.3) is 0 Å². The summed E-state index contributed by atoms with van der Waals surface area (Å²) >= 11 is 6.20. The van der Waals surface area contributed by atoms with E-state index in [2.05, 4.69) is 44.3 Å². The fraction of sp³-hybridized carbons (Fsp3) is 0.500. The first kappa shape index (κ1) is 40.4. The van der Waals surface area contributed by atoms with Crippen LogP contribution >= 0.6 is 11.6 Å². The van der Waals surface area contributed by atoms with Gasteiger partial charge in [-0.25, -0.2) is 9.97 Å². The second-order valence-electron chi connectivity index (χ2n) is 15.7. The molecule has 2 saturated heterocycles. The highest BCUT2D eigenvalue weighted by Crippen LogP contribution is 2.43. The van der Waals surface area contributed by atoms with Gasteiger partial charge in [-0.05, 0) is 73.5 Å². The molecule has 0 bridgehead atoms. The highest BCUT2D eigenvalue weighted by Gasteiger charge is 2.40. The Morgan fingerprint density at radius 2 is 1.75 bits per heavy atom. The summed E-state index contributed by atoms with van der Waals surface area (Å²) in [5.74, 6) is 6.55. The number of nitrogens with zero attached hydrogens (tertiary/aromatic N) is 5. The molecule has 7 rings (SSSR count). The van der Waals surface area contributed by atoms with Crippen molar-refractivity contribution in [3.63, 3.8) is 0 Å². The van der Waals surface area contributed by atoms with E-state index in [-0.39, 0.29) is 36.0 Å². The van der Waals surface area contributed by atoms with Crippen LogP contribution in [0.2, 0.25) is 5.02 Å². The highest BCUT2D eigenvalue weighted by molar-refractivity contribution is 6.30. The number of carbonyl (C=O) groups excluding carboxylic acids is 4. The first-order valence-corrected chi connectivity index (χ1v) is 20.9. The van der Waals surface area contributed by atoms with Gasteiger partial charge in [0.05, 0.1) is 17.7 Å². The summed E-state index contributed by atoms with van der Waals surface area (Å²) in [5, 5.41) is 17.0. The lowest BCUT2D eigenvalue weighted by Gasteiger charge is -2.38. The van der Waals surface area contributed by atoms with E-state index in [1.165, 1.54) is 0 Å². The maximum atomic E-state index is 14.0. The van der Waals surface area contributed by atoms with Gasteiger partial charge in [0.1, 0.15) is 18.2 Å². The lowest BCUT2D eigenvalue weighted by atomic mass is 9.96. The third-order valence-electron chi connectivity index (χ3n) is 11.8. The number of piperidine rings is 1. The molecule has 12 nitrogen and oxygen atoms in total. The van der Waals surface area contributed by atoms with Crippen molar-refractivity contribution in [2.45, 2.75) is 102 Å². The molecule has 4 amide bonds. The second kappa shape index (κ2) is 18.6. The monoisotopic (exact) mass is 793 g/mol. The molecule has 3 aliphatic heterocycles. The van der Waals surface area contributed by atoms with Gasteiger partial charge in [-0.3, -0.25) is 24.5 Å². The van der Waals surface area contributed by atoms with Crippen LogP contribution in [0.5, 0.6) is 0 Å². The highest BCUT2D eigenvalue weighted by atomic mass is 35.5. The number of fused-ring (bicyclic) bond motifs is 2. The van der Waals surface area contributed by atoms with Crippen LogP contribution in [-0.4, -0.2) is 93.8 Å². The van der Waals surface area contributed by atoms with Crippen molar-refractivity contribution in [1.29, 1.82) is 0 Å². The summed E-state index contributed by atoms with van der Waals surface area (Å²) in [6.45, 7) is 6.39. The van der Waals surface area contributed by atoms with Crippen LogP contribution in [0, 0.1) is 11.8 Å². The smallest absolute Gasteiger partial charge is 0.255 e. The Kier molecular flexibility index (Phi) is 13.2. The third-order valence-corrected chi connectivity index (χ3v) is 12.1. The molecule has 2 aromatic carbocycles. The molecule has 300 valence electrons. The van der Waals surface area contributed by atoms with Crippen LogP contribution in [0.15, 0.2) is 48.8 Å². The third kappa shape index (κ3) is 9.33. The predicted molar refractivity (Wildman–Crippen MR) is 218 cm³/mol. The fourth-order valence-corrected chi connectivity index (χ4v) is 8.76. The maximum absolute atomic E-state index is 14.0. The van der Waals surface area contributed by atoms with Crippen LogP contribution in [0.1, 0.15) is 127 Å². The molecule has 2 fully saturated rings. The Hall–Kier alpha value is -4.83. The van der Waals surface area contributed by atoms with Gasteiger partial charge in [-0.2, -0.15) is 0 Å². The summed E-state index contributed by atoms with van der Waals surface area (Å²) in [4.78, 5) is 65.8. The molecule has 2 unspecified atom stereocenters. The van der Waals surface area contributed by atoms with Crippen molar-refractivity contribution in [3.05, 3.63) is 87.3 Å². The first-order chi connectivity index (χ1) is 27.7. The molecule has 3 aromatic rings. The number of hydrogen-bond donors (Lipinski definition) is 3. The zero-order chi connectivity index (χ0) is 39.9. The van der Waals surface area contributed by atoms with Crippen molar-refractivity contribution < 1.29 is 24.3 Å². The summed E-state index contributed by atoms with van der Waals surface area (Å²) in [7, 11) is 0. The number of nitrogens with one attached hydrogen (secondary N) is 2. The van der Waals surface area contributed by atoms with E-state index in [4.69, 9.17) is 11.6 Å². The Labute approximate surface area is 339 Å². The normalized spacial score (nSPS) is 20.9. The predicted octanol–water partition coefficient (Wildman–Crippen LogP) is 5.24. The van der Waals surface area contributed by atoms with Gasteiger partial charge in [0.15, 0.2) is 0 Å². The molecule has 4 heterocycles. The second-order valence-corrected chi connectivity index (χ2v) is 16.1. The number of aliphatic hydroxyl groups excluding tert-OH is 1. The number of rotatable bonds is 14. The Morgan fingerprint density at radius 1 is 1.00 bits per heavy atom. The van der Waals surface area contributed by atoms with Gasteiger partial charge in [-0.1, -0.05) is 74.2 Å². The SMILES string of the molecule is C[C@@H]1C[C@@H](O)c2ncnc(N3CCN(C(=O)C(CNCCCCCCCCC#Cc4cccc5c4CN(C4CCC(=O)NC4=O)C5=O)c4ccc(Cl)cc4)CC3)c21. The van der Waals surface area contributed by atoms with E-state index in [1.54, 1.807) is 17.3 Å². The zero-order valence-corrected chi connectivity index (χ0v) is 33.4. The van der Waals surface area contributed by atoms with Gasteiger partial charge in [0.25, 0.3) is 5.91 Å². The number of aromatic nitrogens is 2. The summed E-state index contributed by atoms with van der Waals surface area (Å²) in [6, 6.07) is 12.5. The van der Waals surface area contributed by atoms with Crippen LogP contribution in [-0.2, 0) is 20.9 Å². The van der Waals surface area contributed by atoms with Gasteiger partial charge < -0.3 is 25.1 Å². The molecule has 3 N–H and O–H groups in total. The van der Waals surface area contributed by atoms with Crippen molar-refractivity contribution in [2.75, 3.05) is 44.2 Å². The fourth-order valence-electron chi connectivity index (χ4n) is 8.63. The standard InChI is InChI=1S/C44H52ClN7O5/c1-29-25-37(53)40-39(29)41(48-28-47-40)50-21-23-51(24-22-50)43(56)34(31-14-16-32(45)17-15-31)26-46-20-9-7-5-3-2-4-6-8-11-30-12-10-13-33-35(30)27-52(44(33)57)36-18-19-38(54)49-42(36)55/h10,12-17,28-29,34,36-37,46,53H,2-7,9,18-27H2,1H3,(H,49,54,55)/t29-,34?,36?,37-/m1/s1. The van der Waals surface area contributed by atoms with Crippen molar-refractivity contribution >= 4 is 41.0 Å². The molecule has 13 heteroatoms. The summed E-state index contributed by atoms with van der Waals surface area (Å²) in [5.41, 5.74) is 4.99. The maximum Gasteiger partial charge on any atom is 0.255 e. The Bertz CT molecular complexity index is 2020. The summed E-state index contributed by atoms with van der Waals surface area (Å²) < 4.78 is 0. The number of anilines is 1. The molecule has 0 saturated carbocycles. The van der Waals surface area contributed by atoms with E-state index in [9.17, 15) is 24.3 Å². The van der Waals surface area contributed by atoms with E-state index in [0.29, 0.717) is 62.7 Å². The molecule has 0 spiro atoms. The minimum atomic E-state index is -0.632.